The Morgan fingerprint density at radius 2 is 1.69 bits per heavy atom. The first kappa shape index (κ1) is 23.4. The van der Waals surface area contributed by atoms with Crippen LogP contribution in [0.4, 0.5) is 16.0 Å². The third-order valence-electron chi connectivity index (χ3n) is 5.02. The smallest absolute Gasteiger partial charge is 0.354 e. The van der Waals surface area contributed by atoms with Gasteiger partial charge in [0.1, 0.15) is 23.0 Å². The van der Waals surface area contributed by atoms with Crippen LogP contribution in [-0.2, 0) is 13.1 Å². The normalized spacial score (nSPS) is 10.7. The molecule has 0 unspecified atom stereocenters. The average molecular weight is 477 g/mol. The number of pyridine rings is 1. The molecule has 10 nitrogen and oxygen atoms in total. The Labute approximate surface area is 197 Å². The molecule has 11 heteroatoms. The Balaban J connectivity index is 1.58. The molecule has 0 bridgehead atoms. The van der Waals surface area contributed by atoms with E-state index in [1.165, 1.54) is 35.0 Å². The predicted octanol–water partition coefficient (Wildman–Crippen LogP) is 3.24. The van der Waals surface area contributed by atoms with Gasteiger partial charge in [0.25, 0.3) is 0 Å². The van der Waals surface area contributed by atoms with Gasteiger partial charge in [-0.1, -0.05) is 12.1 Å². The summed E-state index contributed by atoms with van der Waals surface area (Å²) < 4.78 is 21.3. The summed E-state index contributed by atoms with van der Waals surface area (Å²) in [6.07, 6.45) is 1.30. The third kappa shape index (κ3) is 5.41. The van der Waals surface area contributed by atoms with Crippen molar-refractivity contribution in [1.29, 1.82) is 0 Å². The van der Waals surface area contributed by atoms with Crippen molar-refractivity contribution in [2.24, 2.45) is 0 Å². The number of halogens is 1. The summed E-state index contributed by atoms with van der Waals surface area (Å²) in [6.45, 7) is 1.90. The Bertz CT molecular complexity index is 1460. The highest BCUT2D eigenvalue weighted by molar-refractivity contribution is 5.85. The number of ether oxygens (including phenoxy) is 1. The Morgan fingerprint density at radius 1 is 1.00 bits per heavy atom. The monoisotopic (exact) mass is 477 g/mol. The molecule has 2 aromatic heterocycles. The van der Waals surface area contributed by atoms with Gasteiger partial charge in [-0.25, -0.2) is 28.3 Å². The summed E-state index contributed by atoms with van der Waals surface area (Å²) in [6, 6.07) is 15.1. The van der Waals surface area contributed by atoms with Crippen molar-refractivity contribution in [3.8, 4) is 11.5 Å². The van der Waals surface area contributed by atoms with Crippen LogP contribution >= 0.6 is 0 Å². The molecule has 35 heavy (non-hydrogen) atoms. The number of carboxylic acids is 1. The van der Waals surface area contributed by atoms with E-state index in [0.29, 0.717) is 22.7 Å². The topological polar surface area (TPSA) is 128 Å². The maximum Gasteiger partial charge on any atom is 0.354 e. The second-order valence-corrected chi connectivity index (χ2v) is 7.39. The minimum atomic E-state index is -1.13. The number of hydrogen-bond donors (Lipinski definition) is 2. The lowest BCUT2D eigenvalue weighted by Crippen LogP contribution is -2.42. The van der Waals surface area contributed by atoms with Crippen molar-refractivity contribution in [3.05, 3.63) is 105 Å². The molecule has 2 aromatic carbocycles. The number of aromatic nitrogens is 4. The molecule has 178 valence electrons. The number of nitrogens with zero attached hydrogens (tertiary/aromatic N) is 4. The number of anilines is 2. The summed E-state index contributed by atoms with van der Waals surface area (Å²) in [5, 5.41) is 11.9. The fourth-order valence-electron chi connectivity index (χ4n) is 3.25. The van der Waals surface area contributed by atoms with Crippen LogP contribution < -0.4 is 21.4 Å². The van der Waals surface area contributed by atoms with E-state index in [1.54, 1.807) is 43.3 Å². The molecule has 0 fully saturated rings. The molecular formula is C24H20FN5O5. The molecule has 0 saturated carbocycles. The fourth-order valence-corrected chi connectivity index (χ4v) is 3.25. The highest BCUT2D eigenvalue weighted by Crippen LogP contribution is 2.24. The molecular weight excluding hydrogens is 457 g/mol. The predicted molar refractivity (Wildman–Crippen MR) is 125 cm³/mol. The highest BCUT2D eigenvalue weighted by atomic mass is 19.1. The molecule has 0 spiro atoms. The molecule has 0 saturated heterocycles. The number of nitrogens with one attached hydrogen (secondary N) is 1. The van der Waals surface area contributed by atoms with Crippen LogP contribution in [-0.4, -0.2) is 30.2 Å². The molecule has 0 aliphatic rings. The summed E-state index contributed by atoms with van der Waals surface area (Å²) in [4.78, 5) is 44.0. The van der Waals surface area contributed by atoms with Crippen molar-refractivity contribution >= 4 is 17.6 Å². The van der Waals surface area contributed by atoms with Gasteiger partial charge in [0, 0.05) is 12.2 Å². The van der Waals surface area contributed by atoms with Crippen molar-refractivity contribution in [2.45, 2.75) is 20.0 Å². The van der Waals surface area contributed by atoms with Crippen LogP contribution in [0.2, 0.25) is 0 Å². The van der Waals surface area contributed by atoms with Gasteiger partial charge in [-0.15, -0.1) is 0 Å². The summed E-state index contributed by atoms with van der Waals surface area (Å²) in [5.74, 6) is -0.680. The standard InChI is InChI=1S/C24H20FN5O5/c1-2-29-23(33)28-22(30(24(29)34)14-15-3-5-16(25)6-4-15)27-17-7-9-18(10-8-17)35-19-11-12-20(21(31)32)26-13-19/h3-13H,2,14H2,1H3,(H,31,32)(H,27,28,33). The molecule has 2 N–H and O–H groups in total. The van der Waals surface area contributed by atoms with E-state index in [1.807, 2.05) is 0 Å². The zero-order valence-electron chi connectivity index (χ0n) is 18.5. The number of hydrogen-bond acceptors (Lipinski definition) is 7. The Morgan fingerprint density at radius 3 is 2.29 bits per heavy atom. The summed E-state index contributed by atoms with van der Waals surface area (Å²) in [5.41, 5.74) is -0.138. The zero-order valence-corrected chi connectivity index (χ0v) is 18.5. The molecule has 0 aliphatic carbocycles. The first-order valence-electron chi connectivity index (χ1n) is 10.5. The second kappa shape index (κ2) is 10.00. The largest absolute Gasteiger partial charge is 0.477 e. The SMILES string of the molecule is CCn1c(=O)nc(Nc2ccc(Oc3ccc(C(=O)O)nc3)cc2)n(Cc2ccc(F)cc2)c1=O. The number of rotatable bonds is 8. The van der Waals surface area contributed by atoms with Crippen LogP contribution in [0.5, 0.6) is 11.5 Å². The molecule has 0 atom stereocenters. The number of aromatic carboxylic acids is 1. The Hall–Kier alpha value is -4.80. The zero-order chi connectivity index (χ0) is 24.9. The summed E-state index contributed by atoms with van der Waals surface area (Å²) in [7, 11) is 0. The van der Waals surface area contributed by atoms with Crippen molar-refractivity contribution < 1.29 is 19.0 Å². The van der Waals surface area contributed by atoms with E-state index in [2.05, 4.69) is 15.3 Å². The maximum atomic E-state index is 13.3. The van der Waals surface area contributed by atoms with Crippen molar-refractivity contribution in [3.63, 3.8) is 0 Å². The highest BCUT2D eigenvalue weighted by Gasteiger charge is 2.13. The van der Waals surface area contributed by atoms with Gasteiger partial charge in [0.15, 0.2) is 0 Å². The van der Waals surface area contributed by atoms with Crippen LogP contribution in [0.15, 0.2) is 76.4 Å². The van der Waals surface area contributed by atoms with Gasteiger partial charge in [0.05, 0.1) is 12.7 Å². The molecule has 4 rings (SSSR count). The van der Waals surface area contributed by atoms with E-state index < -0.39 is 23.2 Å². The molecule has 0 amide bonds. The van der Waals surface area contributed by atoms with Gasteiger partial charge in [0.2, 0.25) is 5.95 Å². The first-order valence-corrected chi connectivity index (χ1v) is 10.5. The molecule has 0 aliphatic heterocycles. The third-order valence-corrected chi connectivity index (χ3v) is 5.02. The van der Waals surface area contributed by atoms with Crippen LogP contribution in [0.3, 0.4) is 0 Å². The van der Waals surface area contributed by atoms with E-state index in [-0.39, 0.29) is 24.7 Å². The van der Waals surface area contributed by atoms with E-state index in [9.17, 15) is 18.8 Å². The van der Waals surface area contributed by atoms with Crippen LogP contribution in [0.1, 0.15) is 23.0 Å². The van der Waals surface area contributed by atoms with Gasteiger partial charge in [-0.2, -0.15) is 4.98 Å². The van der Waals surface area contributed by atoms with Crippen LogP contribution in [0, 0.1) is 5.82 Å². The average Bonchev–Trinajstić information content (AvgIpc) is 2.84. The van der Waals surface area contributed by atoms with E-state index >= 15 is 0 Å². The number of benzene rings is 2. The van der Waals surface area contributed by atoms with E-state index in [0.717, 1.165) is 4.57 Å². The first-order chi connectivity index (χ1) is 16.8. The van der Waals surface area contributed by atoms with E-state index in [4.69, 9.17) is 9.84 Å². The molecule has 0 radical (unpaired) electrons. The lowest BCUT2D eigenvalue weighted by Gasteiger charge is -2.15. The lowest BCUT2D eigenvalue weighted by atomic mass is 10.2. The fraction of sp³-hybridized carbons (Fsp3) is 0.125. The maximum absolute atomic E-state index is 13.3. The summed E-state index contributed by atoms with van der Waals surface area (Å²) >= 11 is 0. The van der Waals surface area contributed by atoms with Crippen molar-refractivity contribution in [2.75, 3.05) is 5.32 Å². The Kier molecular flexibility index (Phi) is 6.67. The van der Waals surface area contributed by atoms with Gasteiger partial charge >= 0.3 is 17.3 Å². The van der Waals surface area contributed by atoms with Crippen molar-refractivity contribution in [1.82, 2.24) is 19.1 Å². The lowest BCUT2D eigenvalue weighted by molar-refractivity contribution is 0.0690. The number of carbonyl (C=O) groups is 1. The quantitative estimate of drug-likeness (QED) is 0.396. The van der Waals surface area contributed by atoms with Gasteiger partial charge in [-0.3, -0.25) is 4.57 Å². The van der Waals surface area contributed by atoms with Gasteiger partial charge in [-0.05, 0) is 61.0 Å². The minimum absolute atomic E-state index is 0.0381. The molecule has 4 aromatic rings. The van der Waals surface area contributed by atoms with Crippen LogP contribution in [0.25, 0.3) is 0 Å². The molecule has 2 heterocycles. The minimum Gasteiger partial charge on any atom is -0.477 e. The second-order valence-electron chi connectivity index (χ2n) is 7.39. The van der Waals surface area contributed by atoms with Gasteiger partial charge < -0.3 is 15.2 Å². The number of carboxylic acid groups (broad SMARTS) is 1.